The predicted molar refractivity (Wildman–Crippen MR) is 84.5 cm³/mol. The summed E-state index contributed by atoms with van der Waals surface area (Å²) in [6.07, 6.45) is 0.255. The number of anilines is 2. The van der Waals surface area contributed by atoms with E-state index in [-0.39, 0.29) is 24.3 Å². The lowest BCUT2D eigenvalue weighted by atomic mass is 10.1. The van der Waals surface area contributed by atoms with E-state index in [9.17, 15) is 16.8 Å². The van der Waals surface area contributed by atoms with Crippen LogP contribution in [-0.4, -0.2) is 33.6 Å². The maximum Gasteiger partial charge on any atom is 0.235 e. The third-order valence-corrected chi connectivity index (χ3v) is 7.43. The van der Waals surface area contributed by atoms with Crippen LogP contribution >= 0.6 is 0 Å². The molecule has 0 aromatic heterocycles. The molecule has 1 aromatic carbocycles. The van der Waals surface area contributed by atoms with Gasteiger partial charge in [-0.2, -0.15) is 0 Å². The Morgan fingerprint density at radius 1 is 1.14 bits per heavy atom. The number of benzene rings is 1. The lowest BCUT2D eigenvalue weighted by molar-refractivity contribution is 0.555. The third kappa shape index (κ3) is 3.68. The zero-order chi connectivity index (χ0) is 15.8. The molecule has 2 rings (SSSR count). The summed E-state index contributed by atoms with van der Waals surface area (Å²) >= 11 is 0. The number of nitrogens with one attached hydrogen (secondary N) is 1. The molecule has 0 amide bonds. The summed E-state index contributed by atoms with van der Waals surface area (Å²) in [5.74, 6) is -0.165. The molecule has 1 fully saturated rings. The molecule has 1 heterocycles. The van der Waals surface area contributed by atoms with Crippen molar-refractivity contribution in [3.05, 3.63) is 23.3 Å². The van der Waals surface area contributed by atoms with Crippen molar-refractivity contribution >= 4 is 31.2 Å². The van der Waals surface area contributed by atoms with E-state index in [4.69, 9.17) is 5.73 Å². The molecule has 1 aliphatic rings. The minimum atomic E-state index is -3.63. The number of nitrogen functional groups attached to an aromatic ring is 1. The van der Waals surface area contributed by atoms with E-state index in [1.165, 1.54) is 0 Å². The average molecular weight is 332 g/mol. The van der Waals surface area contributed by atoms with Gasteiger partial charge in [-0.25, -0.2) is 16.8 Å². The van der Waals surface area contributed by atoms with Crippen LogP contribution in [0.1, 0.15) is 24.0 Å². The Morgan fingerprint density at radius 2 is 1.67 bits per heavy atom. The monoisotopic (exact) mass is 332 g/mol. The molecular formula is C13H20N2O4S2. The van der Waals surface area contributed by atoms with Gasteiger partial charge in [0.05, 0.1) is 28.1 Å². The molecule has 118 valence electrons. The van der Waals surface area contributed by atoms with Crippen LogP contribution in [0.4, 0.5) is 11.4 Å². The van der Waals surface area contributed by atoms with Gasteiger partial charge in [-0.05, 0) is 49.9 Å². The zero-order valence-corrected chi connectivity index (χ0v) is 13.7. The summed E-state index contributed by atoms with van der Waals surface area (Å²) in [7, 11) is -6.72. The molecule has 0 bridgehead atoms. The van der Waals surface area contributed by atoms with Crippen LogP contribution in [0.3, 0.4) is 0 Å². The lowest BCUT2D eigenvalue weighted by Crippen LogP contribution is -2.36. The fourth-order valence-corrected chi connectivity index (χ4v) is 5.64. The van der Waals surface area contributed by atoms with Crippen molar-refractivity contribution in [1.82, 2.24) is 0 Å². The normalized spacial score (nSPS) is 19.3. The predicted octanol–water partition coefficient (Wildman–Crippen LogP) is 1.20. The first-order chi connectivity index (χ1) is 9.61. The lowest BCUT2D eigenvalue weighted by Gasteiger charge is -2.23. The summed E-state index contributed by atoms with van der Waals surface area (Å²) in [6, 6.07) is 3.42. The molecule has 1 aromatic rings. The van der Waals surface area contributed by atoms with E-state index in [0.29, 0.717) is 11.4 Å². The number of sulfone groups is 1. The van der Waals surface area contributed by atoms with Gasteiger partial charge in [-0.15, -0.1) is 0 Å². The number of hydrogen-bond donors (Lipinski definition) is 2. The van der Waals surface area contributed by atoms with E-state index in [2.05, 4.69) is 4.72 Å². The van der Waals surface area contributed by atoms with Gasteiger partial charge in [-0.3, -0.25) is 4.72 Å². The highest BCUT2D eigenvalue weighted by Gasteiger charge is 2.33. The summed E-state index contributed by atoms with van der Waals surface area (Å²) in [4.78, 5) is 0. The summed E-state index contributed by atoms with van der Waals surface area (Å²) in [5, 5.41) is -0.693. The number of hydrogen-bond acceptors (Lipinski definition) is 5. The highest BCUT2D eigenvalue weighted by Crippen LogP contribution is 2.27. The second-order valence-corrected chi connectivity index (χ2v) is 9.79. The first-order valence-corrected chi connectivity index (χ1v) is 10.1. The standard InChI is InChI=1S/C13H20N2O4S2/c1-9-7-12(14)13(8-10(9)2)15-21(18,19)11-3-5-20(16,17)6-4-11/h7-8,11,15H,3-6,14H2,1-2H3. The van der Waals surface area contributed by atoms with Crippen molar-refractivity contribution in [1.29, 1.82) is 0 Å². The molecule has 3 N–H and O–H groups in total. The zero-order valence-electron chi connectivity index (χ0n) is 12.1. The highest BCUT2D eigenvalue weighted by molar-refractivity contribution is 7.94. The Labute approximate surface area is 125 Å². The third-order valence-electron chi connectivity index (χ3n) is 3.86. The van der Waals surface area contributed by atoms with Crippen LogP contribution in [-0.2, 0) is 19.9 Å². The molecule has 0 radical (unpaired) electrons. The van der Waals surface area contributed by atoms with Crippen LogP contribution < -0.4 is 10.5 Å². The van der Waals surface area contributed by atoms with Gasteiger partial charge in [-0.1, -0.05) is 0 Å². The molecule has 0 saturated carbocycles. The number of sulfonamides is 1. The average Bonchev–Trinajstić information content (AvgIpc) is 2.35. The fourth-order valence-electron chi connectivity index (χ4n) is 2.34. The van der Waals surface area contributed by atoms with Gasteiger partial charge in [0.15, 0.2) is 0 Å². The SMILES string of the molecule is Cc1cc(N)c(NS(=O)(=O)C2CCS(=O)(=O)CC2)cc1C. The Kier molecular flexibility index (Phi) is 4.21. The molecular weight excluding hydrogens is 312 g/mol. The highest BCUT2D eigenvalue weighted by atomic mass is 32.2. The smallest absolute Gasteiger partial charge is 0.235 e. The second-order valence-electron chi connectivity index (χ2n) is 5.52. The van der Waals surface area contributed by atoms with Gasteiger partial charge in [0, 0.05) is 0 Å². The van der Waals surface area contributed by atoms with Crippen molar-refractivity contribution in [3.8, 4) is 0 Å². The van der Waals surface area contributed by atoms with E-state index in [1.807, 2.05) is 13.8 Å². The van der Waals surface area contributed by atoms with Gasteiger partial charge >= 0.3 is 0 Å². The molecule has 1 saturated heterocycles. The minimum absolute atomic E-state index is 0.0824. The molecule has 6 nitrogen and oxygen atoms in total. The molecule has 1 aliphatic heterocycles. The van der Waals surface area contributed by atoms with Gasteiger partial charge in [0.2, 0.25) is 10.0 Å². The molecule has 0 aliphatic carbocycles. The minimum Gasteiger partial charge on any atom is -0.397 e. The van der Waals surface area contributed by atoms with E-state index >= 15 is 0 Å². The molecule has 0 spiro atoms. The van der Waals surface area contributed by atoms with Crippen molar-refractivity contribution in [2.24, 2.45) is 0 Å². The molecule has 0 unspecified atom stereocenters. The van der Waals surface area contributed by atoms with Crippen molar-refractivity contribution in [3.63, 3.8) is 0 Å². The van der Waals surface area contributed by atoms with Crippen LogP contribution in [0.15, 0.2) is 12.1 Å². The van der Waals surface area contributed by atoms with Crippen LogP contribution in [0, 0.1) is 13.8 Å². The van der Waals surface area contributed by atoms with Crippen molar-refractivity contribution in [2.45, 2.75) is 31.9 Å². The molecule has 21 heavy (non-hydrogen) atoms. The summed E-state index contributed by atoms with van der Waals surface area (Å²) in [5.41, 5.74) is 8.49. The van der Waals surface area contributed by atoms with Crippen molar-refractivity contribution in [2.75, 3.05) is 22.0 Å². The van der Waals surface area contributed by atoms with Gasteiger partial charge in [0.1, 0.15) is 9.84 Å². The maximum atomic E-state index is 12.4. The fraction of sp³-hybridized carbons (Fsp3) is 0.538. The van der Waals surface area contributed by atoms with Gasteiger partial charge in [0.25, 0.3) is 0 Å². The first kappa shape index (κ1) is 16.1. The van der Waals surface area contributed by atoms with E-state index in [0.717, 1.165) is 11.1 Å². The number of rotatable bonds is 3. The van der Waals surface area contributed by atoms with Crippen LogP contribution in [0.5, 0.6) is 0 Å². The van der Waals surface area contributed by atoms with Crippen molar-refractivity contribution < 1.29 is 16.8 Å². The van der Waals surface area contributed by atoms with E-state index < -0.39 is 25.1 Å². The Bertz CT molecular complexity index is 741. The van der Waals surface area contributed by atoms with Gasteiger partial charge < -0.3 is 5.73 Å². The Hall–Kier alpha value is -1.28. The Morgan fingerprint density at radius 3 is 2.24 bits per heavy atom. The topological polar surface area (TPSA) is 106 Å². The Balaban J connectivity index is 2.21. The number of nitrogens with two attached hydrogens (primary N) is 1. The second kappa shape index (κ2) is 5.49. The maximum absolute atomic E-state index is 12.4. The number of aryl methyl sites for hydroxylation is 2. The van der Waals surface area contributed by atoms with E-state index in [1.54, 1.807) is 12.1 Å². The molecule has 8 heteroatoms. The van der Waals surface area contributed by atoms with Crippen LogP contribution in [0.25, 0.3) is 0 Å². The first-order valence-electron chi connectivity index (χ1n) is 6.69. The summed E-state index contributed by atoms with van der Waals surface area (Å²) < 4.78 is 50.0. The molecule has 0 atom stereocenters. The quantitative estimate of drug-likeness (QED) is 0.809. The summed E-state index contributed by atoms with van der Waals surface area (Å²) in [6.45, 7) is 3.77. The largest absolute Gasteiger partial charge is 0.397 e. The van der Waals surface area contributed by atoms with Crippen LogP contribution in [0.2, 0.25) is 0 Å².